The van der Waals surface area contributed by atoms with E-state index in [-0.39, 0.29) is 5.82 Å². The Hall–Kier alpha value is -1.37. The highest BCUT2D eigenvalue weighted by Crippen LogP contribution is 2.40. The molecule has 130 valence electrons. The van der Waals surface area contributed by atoms with Crippen molar-refractivity contribution >= 4 is 6.08 Å². The third-order valence-corrected chi connectivity index (χ3v) is 5.97. The molecule has 1 aromatic carbocycles. The average Bonchev–Trinajstić information content (AvgIpc) is 2.60. The Morgan fingerprint density at radius 1 is 1.17 bits per heavy atom. The van der Waals surface area contributed by atoms with E-state index in [1.165, 1.54) is 36.8 Å². The number of rotatable bonds is 6. The van der Waals surface area contributed by atoms with Crippen molar-refractivity contribution in [1.82, 2.24) is 0 Å². The van der Waals surface area contributed by atoms with Crippen LogP contribution in [0.5, 0.6) is 0 Å². The zero-order chi connectivity index (χ0) is 16.9. The Morgan fingerprint density at radius 3 is 2.67 bits per heavy atom. The molecule has 1 saturated carbocycles. The van der Waals surface area contributed by atoms with Crippen LogP contribution in [0.15, 0.2) is 30.4 Å². The van der Waals surface area contributed by atoms with Crippen molar-refractivity contribution in [2.45, 2.75) is 77.0 Å². The van der Waals surface area contributed by atoms with Crippen LogP contribution in [0.3, 0.4) is 0 Å². The van der Waals surface area contributed by atoms with Crippen LogP contribution in [0, 0.1) is 11.7 Å². The Bertz CT molecular complexity index is 603. The molecule has 24 heavy (non-hydrogen) atoms. The maximum atomic E-state index is 14.7. The number of hydrogen-bond donors (Lipinski definition) is 0. The fourth-order valence-corrected chi connectivity index (χ4v) is 4.54. The van der Waals surface area contributed by atoms with E-state index in [4.69, 9.17) is 0 Å². The van der Waals surface area contributed by atoms with Crippen LogP contribution >= 0.6 is 0 Å². The molecule has 0 atom stereocenters. The molecule has 0 aliphatic heterocycles. The van der Waals surface area contributed by atoms with Crippen molar-refractivity contribution in [2.24, 2.45) is 5.92 Å². The van der Waals surface area contributed by atoms with Gasteiger partial charge in [0.25, 0.3) is 0 Å². The van der Waals surface area contributed by atoms with Gasteiger partial charge in [0.15, 0.2) is 0 Å². The number of halogens is 1. The summed E-state index contributed by atoms with van der Waals surface area (Å²) >= 11 is 0. The van der Waals surface area contributed by atoms with E-state index in [1.54, 1.807) is 0 Å². The second-order valence-electron chi connectivity index (χ2n) is 7.71. The molecule has 3 rings (SSSR count). The van der Waals surface area contributed by atoms with Crippen molar-refractivity contribution in [3.8, 4) is 0 Å². The summed E-state index contributed by atoms with van der Waals surface area (Å²) in [5, 5.41) is 0. The van der Waals surface area contributed by atoms with Crippen molar-refractivity contribution in [3.63, 3.8) is 0 Å². The van der Waals surface area contributed by atoms with Crippen molar-refractivity contribution in [3.05, 3.63) is 52.9 Å². The highest BCUT2D eigenvalue weighted by Gasteiger charge is 2.25. The van der Waals surface area contributed by atoms with E-state index in [2.05, 4.69) is 25.6 Å². The Kier molecular flexibility index (Phi) is 5.92. The zero-order valence-corrected chi connectivity index (χ0v) is 15.1. The fourth-order valence-electron chi connectivity index (χ4n) is 4.54. The van der Waals surface area contributed by atoms with Crippen LogP contribution < -0.4 is 0 Å². The second kappa shape index (κ2) is 8.14. The van der Waals surface area contributed by atoms with E-state index in [9.17, 15) is 4.39 Å². The van der Waals surface area contributed by atoms with Crippen LogP contribution in [0.4, 0.5) is 4.39 Å². The second-order valence-corrected chi connectivity index (χ2v) is 7.71. The van der Waals surface area contributed by atoms with Crippen LogP contribution in [-0.2, 0) is 6.42 Å². The first-order valence-electron chi connectivity index (χ1n) is 9.84. The molecule has 0 bridgehead atoms. The molecule has 0 saturated heterocycles. The summed E-state index contributed by atoms with van der Waals surface area (Å²) < 4.78 is 14.7. The minimum atomic E-state index is 0.0253. The van der Waals surface area contributed by atoms with Crippen LogP contribution in [-0.4, -0.2) is 0 Å². The molecule has 2 aliphatic carbocycles. The Labute approximate surface area is 146 Å². The average molecular weight is 326 g/mol. The highest BCUT2D eigenvalue weighted by atomic mass is 19.1. The summed E-state index contributed by atoms with van der Waals surface area (Å²) in [7, 11) is 0. The number of aryl methyl sites for hydroxylation is 1. The number of hydrogen-bond acceptors (Lipinski definition) is 0. The molecule has 0 heterocycles. The molecule has 0 nitrogen and oxygen atoms in total. The van der Waals surface area contributed by atoms with E-state index < -0.39 is 0 Å². The topological polar surface area (TPSA) is 0 Å². The predicted molar refractivity (Wildman–Crippen MR) is 102 cm³/mol. The lowest BCUT2D eigenvalue weighted by molar-refractivity contribution is 0.308. The molecule has 2 aliphatic rings. The lowest BCUT2D eigenvalue weighted by Crippen LogP contribution is -2.15. The molecule has 0 N–H and O–H groups in total. The minimum absolute atomic E-state index is 0.0253. The predicted octanol–water partition coefficient (Wildman–Crippen LogP) is 7.20. The maximum absolute atomic E-state index is 14.7. The number of allylic oxidation sites excluding steroid dienone is 2. The van der Waals surface area contributed by atoms with Gasteiger partial charge in [-0.15, -0.1) is 6.58 Å². The third-order valence-electron chi connectivity index (χ3n) is 5.97. The van der Waals surface area contributed by atoms with E-state index in [1.807, 2.05) is 12.1 Å². The third kappa shape index (κ3) is 3.99. The van der Waals surface area contributed by atoms with E-state index in [0.29, 0.717) is 5.92 Å². The lowest BCUT2D eigenvalue weighted by atomic mass is 9.76. The fraction of sp³-hybridized carbons (Fsp3) is 0.565. The van der Waals surface area contributed by atoms with Gasteiger partial charge in [0.1, 0.15) is 5.82 Å². The summed E-state index contributed by atoms with van der Waals surface area (Å²) in [6.07, 6.45) is 16.0. The summed E-state index contributed by atoms with van der Waals surface area (Å²) in [5.41, 5.74) is 4.97. The molecule has 0 radical (unpaired) electrons. The van der Waals surface area contributed by atoms with Crippen molar-refractivity contribution < 1.29 is 4.39 Å². The van der Waals surface area contributed by atoms with Gasteiger partial charge in [0.2, 0.25) is 0 Å². The molecule has 0 spiro atoms. The smallest absolute Gasteiger partial charge is 0.127 e. The van der Waals surface area contributed by atoms with Crippen LogP contribution in [0.25, 0.3) is 6.08 Å². The maximum Gasteiger partial charge on any atom is 0.127 e. The molecule has 1 aromatic rings. The number of benzene rings is 1. The minimum Gasteiger partial charge on any atom is -0.207 e. The normalized spacial score (nSPS) is 23.5. The largest absolute Gasteiger partial charge is 0.207 e. The molecular weight excluding hydrogens is 295 g/mol. The Balaban J connectivity index is 1.71. The standard InChI is InChI=1S/C23H31F/c1-3-5-7-17-8-11-19(12-9-17)22-15-20-13-10-18(6-4-2)14-21(20)16-23(22)24/h3,14-17,19H,1,4-13H2,2H3. The summed E-state index contributed by atoms with van der Waals surface area (Å²) in [4.78, 5) is 0. The van der Waals surface area contributed by atoms with Gasteiger partial charge >= 0.3 is 0 Å². The summed E-state index contributed by atoms with van der Waals surface area (Å²) in [6.45, 7) is 6.04. The first-order valence-corrected chi connectivity index (χ1v) is 9.84. The van der Waals surface area contributed by atoms with E-state index in [0.717, 1.165) is 55.6 Å². The van der Waals surface area contributed by atoms with Crippen molar-refractivity contribution in [2.75, 3.05) is 0 Å². The van der Waals surface area contributed by atoms with Gasteiger partial charge in [-0.3, -0.25) is 0 Å². The molecular formula is C23H31F. The van der Waals surface area contributed by atoms with Gasteiger partial charge in [-0.2, -0.15) is 0 Å². The summed E-state index contributed by atoms with van der Waals surface area (Å²) in [6, 6.07) is 4.00. The first-order chi connectivity index (χ1) is 11.7. The molecule has 0 amide bonds. The summed E-state index contributed by atoms with van der Waals surface area (Å²) in [5.74, 6) is 1.27. The molecule has 1 heteroatoms. The first kappa shape index (κ1) is 17.5. The van der Waals surface area contributed by atoms with Crippen LogP contribution in [0.1, 0.15) is 87.3 Å². The van der Waals surface area contributed by atoms with Gasteiger partial charge in [0.05, 0.1) is 0 Å². The number of fused-ring (bicyclic) bond motifs is 1. The quantitative estimate of drug-likeness (QED) is 0.485. The monoisotopic (exact) mass is 326 g/mol. The Morgan fingerprint density at radius 2 is 1.96 bits per heavy atom. The van der Waals surface area contributed by atoms with E-state index >= 15 is 0 Å². The molecule has 0 unspecified atom stereocenters. The van der Waals surface area contributed by atoms with Crippen LogP contribution in [0.2, 0.25) is 0 Å². The van der Waals surface area contributed by atoms with Gasteiger partial charge in [-0.05, 0) is 92.4 Å². The van der Waals surface area contributed by atoms with Crippen molar-refractivity contribution in [1.29, 1.82) is 0 Å². The highest BCUT2D eigenvalue weighted by molar-refractivity contribution is 5.60. The van der Waals surface area contributed by atoms with Gasteiger partial charge in [-0.25, -0.2) is 4.39 Å². The zero-order valence-electron chi connectivity index (χ0n) is 15.1. The SMILES string of the molecule is C=CCCC1CCC(c2cc3c(cc2F)C=C(CCC)CC3)CC1. The molecule has 0 aromatic heterocycles. The van der Waals surface area contributed by atoms with Gasteiger partial charge in [-0.1, -0.05) is 37.1 Å². The van der Waals surface area contributed by atoms with Gasteiger partial charge < -0.3 is 0 Å². The molecule has 1 fully saturated rings. The van der Waals surface area contributed by atoms with Gasteiger partial charge in [0, 0.05) is 0 Å². The lowest BCUT2D eigenvalue weighted by Gasteiger charge is -2.29.